The molecule has 0 aliphatic carbocycles. The normalized spacial score (nSPS) is 19.6. The van der Waals surface area contributed by atoms with Crippen LogP contribution < -0.4 is 16.0 Å². The monoisotopic (exact) mass is 219 g/mol. The molecule has 0 unspecified atom stereocenters. The molecule has 16 heavy (non-hydrogen) atoms. The summed E-state index contributed by atoms with van der Waals surface area (Å²) in [5.41, 5.74) is 8.65. The second kappa shape index (κ2) is 4.34. The fourth-order valence-corrected chi connectivity index (χ4v) is 2.22. The van der Waals surface area contributed by atoms with Crippen molar-refractivity contribution in [1.29, 1.82) is 0 Å². The second-order valence-corrected chi connectivity index (χ2v) is 4.91. The maximum absolute atomic E-state index is 6.15. The molecule has 0 saturated carbocycles. The SMILES string of the molecule is CNc1ccccc1N1CCC(C)(N)CC1. The molecule has 0 aromatic heterocycles. The van der Waals surface area contributed by atoms with E-state index in [0.29, 0.717) is 0 Å². The van der Waals surface area contributed by atoms with Gasteiger partial charge in [0, 0.05) is 25.7 Å². The van der Waals surface area contributed by atoms with Crippen molar-refractivity contribution in [3.63, 3.8) is 0 Å². The molecule has 0 bridgehead atoms. The first kappa shape index (κ1) is 11.3. The quantitative estimate of drug-likeness (QED) is 0.800. The van der Waals surface area contributed by atoms with Gasteiger partial charge in [-0.1, -0.05) is 12.1 Å². The van der Waals surface area contributed by atoms with Crippen LogP contribution in [-0.2, 0) is 0 Å². The average molecular weight is 219 g/mol. The number of benzene rings is 1. The van der Waals surface area contributed by atoms with Crippen molar-refractivity contribution in [2.45, 2.75) is 25.3 Å². The Hall–Kier alpha value is -1.22. The number of rotatable bonds is 2. The lowest BCUT2D eigenvalue weighted by Gasteiger charge is -2.38. The van der Waals surface area contributed by atoms with Crippen LogP contribution in [-0.4, -0.2) is 25.7 Å². The minimum Gasteiger partial charge on any atom is -0.386 e. The van der Waals surface area contributed by atoms with Gasteiger partial charge in [0.2, 0.25) is 0 Å². The van der Waals surface area contributed by atoms with Crippen LogP contribution in [0.1, 0.15) is 19.8 Å². The van der Waals surface area contributed by atoms with Crippen LogP contribution >= 0.6 is 0 Å². The van der Waals surface area contributed by atoms with Crippen LogP contribution in [0, 0.1) is 0 Å². The Balaban J connectivity index is 2.14. The molecular formula is C13H21N3. The Labute approximate surface area is 97.6 Å². The van der Waals surface area contributed by atoms with E-state index in [-0.39, 0.29) is 5.54 Å². The molecule has 88 valence electrons. The summed E-state index contributed by atoms with van der Waals surface area (Å²) in [4.78, 5) is 2.42. The van der Waals surface area contributed by atoms with E-state index in [1.807, 2.05) is 7.05 Å². The zero-order valence-corrected chi connectivity index (χ0v) is 10.2. The summed E-state index contributed by atoms with van der Waals surface area (Å²) >= 11 is 0. The molecule has 3 nitrogen and oxygen atoms in total. The van der Waals surface area contributed by atoms with Crippen LogP contribution in [0.15, 0.2) is 24.3 Å². The van der Waals surface area contributed by atoms with E-state index >= 15 is 0 Å². The number of hydrogen-bond donors (Lipinski definition) is 2. The van der Waals surface area contributed by atoms with E-state index in [9.17, 15) is 0 Å². The first-order chi connectivity index (χ1) is 7.62. The predicted octanol–water partition coefficient (Wildman–Crippen LogP) is 2.05. The fraction of sp³-hybridized carbons (Fsp3) is 0.538. The summed E-state index contributed by atoms with van der Waals surface area (Å²) in [5, 5.41) is 3.24. The van der Waals surface area contributed by atoms with Crippen molar-refractivity contribution < 1.29 is 0 Å². The molecule has 1 aromatic rings. The maximum atomic E-state index is 6.15. The first-order valence-corrected chi connectivity index (χ1v) is 5.93. The van der Waals surface area contributed by atoms with Crippen molar-refractivity contribution in [2.75, 3.05) is 30.4 Å². The van der Waals surface area contributed by atoms with Gasteiger partial charge >= 0.3 is 0 Å². The summed E-state index contributed by atoms with van der Waals surface area (Å²) in [6.07, 6.45) is 2.12. The predicted molar refractivity (Wildman–Crippen MR) is 70.0 cm³/mol. The first-order valence-electron chi connectivity index (χ1n) is 5.93. The zero-order valence-electron chi connectivity index (χ0n) is 10.2. The molecule has 3 heteroatoms. The summed E-state index contributed by atoms with van der Waals surface area (Å²) < 4.78 is 0. The fourth-order valence-electron chi connectivity index (χ4n) is 2.22. The highest BCUT2D eigenvalue weighted by atomic mass is 15.2. The Kier molecular flexibility index (Phi) is 3.06. The molecule has 3 N–H and O–H groups in total. The Bertz CT molecular complexity index is 350. The van der Waals surface area contributed by atoms with Gasteiger partial charge in [0.25, 0.3) is 0 Å². The Morgan fingerprint density at radius 1 is 1.25 bits per heavy atom. The lowest BCUT2D eigenvalue weighted by molar-refractivity contribution is 0.364. The highest BCUT2D eigenvalue weighted by Crippen LogP contribution is 2.29. The highest BCUT2D eigenvalue weighted by Gasteiger charge is 2.26. The lowest BCUT2D eigenvalue weighted by atomic mass is 9.91. The molecule has 1 saturated heterocycles. The molecule has 0 atom stereocenters. The van der Waals surface area contributed by atoms with Crippen LogP contribution in [0.25, 0.3) is 0 Å². The van der Waals surface area contributed by atoms with Gasteiger partial charge in [0.1, 0.15) is 0 Å². The minimum absolute atomic E-state index is 0.0189. The third-order valence-corrected chi connectivity index (χ3v) is 3.42. The highest BCUT2D eigenvalue weighted by molar-refractivity contribution is 5.69. The smallest absolute Gasteiger partial charge is 0.0601 e. The lowest BCUT2D eigenvalue weighted by Crippen LogP contribution is -2.48. The number of piperidine rings is 1. The molecule has 1 fully saturated rings. The van der Waals surface area contributed by atoms with Gasteiger partial charge in [-0.15, -0.1) is 0 Å². The number of para-hydroxylation sites is 2. The van der Waals surface area contributed by atoms with Gasteiger partial charge in [-0.25, -0.2) is 0 Å². The van der Waals surface area contributed by atoms with E-state index in [1.165, 1.54) is 11.4 Å². The van der Waals surface area contributed by atoms with E-state index < -0.39 is 0 Å². The molecule has 1 aliphatic heterocycles. The topological polar surface area (TPSA) is 41.3 Å². The Morgan fingerprint density at radius 3 is 2.50 bits per heavy atom. The van der Waals surface area contributed by atoms with E-state index in [2.05, 4.69) is 41.4 Å². The van der Waals surface area contributed by atoms with E-state index in [1.54, 1.807) is 0 Å². The van der Waals surface area contributed by atoms with Gasteiger partial charge in [-0.3, -0.25) is 0 Å². The number of nitrogens with zero attached hydrogens (tertiary/aromatic N) is 1. The summed E-state index contributed by atoms with van der Waals surface area (Å²) in [6.45, 7) is 4.24. The van der Waals surface area contributed by atoms with Crippen LogP contribution in [0.4, 0.5) is 11.4 Å². The third kappa shape index (κ3) is 2.30. The van der Waals surface area contributed by atoms with Crippen molar-refractivity contribution in [2.24, 2.45) is 5.73 Å². The van der Waals surface area contributed by atoms with Crippen LogP contribution in [0.3, 0.4) is 0 Å². The largest absolute Gasteiger partial charge is 0.386 e. The molecule has 2 rings (SSSR count). The average Bonchev–Trinajstić information content (AvgIpc) is 2.29. The molecule has 1 heterocycles. The zero-order chi connectivity index (χ0) is 11.6. The van der Waals surface area contributed by atoms with Gasteiger partial charge < -0.3 is 16.0 Å². The second-order valence-electron chi connectivity index (χ2n) is 4.91. The van der Waals surface area contributed by atoms with E-state index in [0.717, 1.165) is 25.9 Å². The number of nitrogens with one attached hydrogen (secondary N) is 1. The van der Waals surface area contributed by atoms with Crippen molar-refractivity contribution in [3.8, 4) is 0 Å². The molecule has 0 radical (unpaired) electrons. The summed E-state index contributed by atoms with van der Waals surface area (Å²) in [7, 11) is 1.97. The third-order valence-electron chi connectivity index (χ3n) is 3.42. The Morgan fingerprint density at radius 2 is 1.88 bits per heavy atom. The molecule has 0 spiro atoms. The van der Waals surface area contributed by atoms with Gasteiger partial charge in [0.15, 0.2) is 0 Å². The molecular weight excluding hydrogens is 198 g/mol. The number of nitrogens with two attached hydrogens (primary N) is 1. The number of anilines is 2. The molecule has 0 amide bonds. The molecule has 1 aromatic carbocycles. The van der Waals surface area contributed by atoms with Gasteiger partial charge in [-0.2, -0.15) is 0 Å². The van der Waals surface area contributed by atoms with Crippen LogP contribution in [0.5, 0.6) is 0 Å². The summed E-state index contributed by atoms with van der Waals surface area (Å²) in [5.74, 6) is 0. The van der Waals surface area contributed by atoms with Crippen molar-refractivity contribution in [3.05, 3.63) is 24.3 Å². The minimum atomic E-state index is 0.0189. The number of hydrogen-bond acceptors (Lipinski definition) is 3. The standard InChI is InChI=1S/C13H21N3/c1-13(14)7-9-16(10-8-13)12-6-4-3-5-11(12)15-2/h3-6,15H,7-10,14H2,1-2H3. The van der Waals surface area contributed by atoms with Crippen molar-refractivity contribution >= 4 is 11.4 Å². The van der Waals surface area contributed by atoms with Crippen molar-refractivity contribution in [1.82, 2.24) is 0 Å². The van der Waals surface area contributed by atoms with E-state index in [4.69, 9.17) is 5.73 Å². The molecule has 1 aliphatic rings. The maximum Gasteiger partial charge on any atom is 0.0601 e. The van der Waals surface area contributed by atoms with Crippen LogP contribution in [0.2, 0.25) is 0 Å². The summed E-state index contributed by atoms with van der Waals surface area (Å²) in [6, 6.07) is 8.44. The van der Waals surface area contributed by atoms with Gasteiger partial charge in [-0.05, 0) is 31.9 Å². The van der Waals surface area contributed by atoms with Gasteiger partial charge in [0.05, 0.1) is 11.4 Å².